The number of halogens is 1. The molecule has 0 unspecified atom stereocenters. The van der Waals surface area contributed by atoms with E-state index in [1.807, 2.05) is 0 Å². The monoisotopic (exact) mass is 450 g/mol. The van der Waals surface area contributed by atoms with Crippen LogP contribution in [0.3, 0.4) is 0 Å². The minimum Gasteiger partial charge on any atom is -0.434 e. The van der Waals surface area contributed by atoms with Crippen LogP contribution in [0.1, 0.15) is 28.4 Å². The first kappa shape index (κ1) is 23.5. The summed E-state index contributed by atoms with van der Waals surface area (Å²) in [5.41, 5.74) is 2.18. The van der Waals surface area contributed by atoms with E-state index in [0.717, 1.165) is 0 Å². The van der Waals surface area contributed by atoms with Crippen molar-refractivity contribution in [2.24, 2.45) is 0 Å². The van der Waals surface area contributed by atoms with Crippen LogP contribution in [-0.4, -0.2) is 24.6 Å². The van der Waals surface area contributed by atoms with Gasteiger partial charge in [-0.05, 0) is 60.5 Å². The van der Waals surface area contributed by atoms with Crippen molar-refractivity contribution < 1.29 is 28.2 Å². The lowest BCUT2D eigenvalue weighted by Gasteiger charge is -2.12. The highest BCUT2D eigenvalue weighted by molar-refractivity contribution is 6.04. The zero-order chi connectivity index (χ0) is 23.6. The van der Waals surface area contributed by atoms with E-state index in [1.165, 1.54) is 36.4 Å². The minimum atomic E-state index is -0.817. The van der Waals surface area contributed by atoms with Crippen LogP contribution in [0.4, 0.5) is 14.9 Å². The van der Waals surface area contributed by atoms with E-state index < -0.39 is 12.0 Å². The van der Waals surface area contributed by atoms with Gasteiger partial charge in [-0.25, -0.2) is 9.18 Å². The van der Waals surface area contributed by atoms with Gasteiger partial charge in [-0.1, -0.05) is 30.3 Å². The van der Waals surface area contributed by atoms with Crippen LogP contribution in [0.15, 0.2) is 72.8 Å². The normalized spacial score (nSPS) is 10.2. The molecule has 0 radical (unpaired) electrons. The number of amides is 2. The highest BCUT2D eigenvalue weighted by Crippen LogP contribution is 2.18. The second-order valence-electron chi connectivity index (χ2n) is 7.00. The Morgan fingerprint density at radius 1 is 0.939 bits per heavy atom. The van der Waals surface area contributed by atoms with E-state index in [2.05, 4.69) is 10.6 Å². The summed E-state index contributed by atoms with van der Waals surface area (Å²) in [5, 5.41) is 5.60. The average molecular weight is 450 g/mol. The molecule has 3 aromatic rings. The smallest absolute Gasteiger partial charge is 0.434 e. The summed E-state index contributed by atoms with van der Waals surface area (Å²) in [5.74, 6) is -0.768. The Morgan fingerprint density at radius 2 is 1.70 bits per heavy atom. The number of benzene rings is 3. The number of ether oxygens (including phenoxy) is 2. The molecule has 0 heterocycles. The van der Waals surface area contributed by atoms with E-state index in [4.69, 9.17) is 9.47 Å². The molecule has 0 aromatic heterocycles. The third-order valence-corrected chi connectivity index (χ3v) is 4.58. The molecule has 0 saturated carbocycles. The fraction of sp³-hybridized carbons (Fsp3) is 0.160. The highest BCUT2D eigenvalue weighted by atomic mass is 19.1. The van der Waals surface area contributed by atoms with Gasteiger partial charge in [-0.15, -0.1) is 0 Å². The first-order valence-electron chi connectivity index (χ1n) is 10.3. The summed E-state index contributed by atoms with van der Waals surface area (Å²) in [6, 6.07) is 19.0. The molecule has 8 heteroatoms. The number of carbonyl (C=O) groups is 3. The van der Waals surface area contributed by atoms with Gasteiger partial charge in [0.25, 0.3) is 5.91 Å². The zero-order valence-electron chi connectivity index (χ0n) is 18.0. The van der Waals surface area contributed by atoms with Crippen molar-refractivity contribution >= 4 is 23.7 Å². The van der Waals surface area contributed by atoms with Gasteiger partial charge in [0.05, 0.1) is 13.0 Å². The molecule has 0 aliphatic heterocycles. The quantitative estimate of drug-likeness (QED) is 0.390. The molecule has 0 saturated heterocycles. The van der Waals surface area contributed by atoms with Crippen LogP contribution < -0.4 is 15.4 Å². The maximum Gasteiger partial charge on any atom is 0.513 e. The van der Waals surface area contributed by atoms with Gasteiger partial charge in [-0.3, -0.25) is 9.59 Å². The van der Waals surface area contributed by atoms with Crippen LogP contribution in [0.5, 0.6) is 5.75 Å². The van der Waals surface area contributed by atoms with E-state index in [-0.39, 0.29) is 37.1 Å². The maximum atomic E-state index is 13.3. The predicted octanol–water partition coefficient (Wildman–Crippen LogP) is 4.47. The van der Waals surface area contributed by atoms with Crippen molar-refractivity contribution in [2.45, 2.75) is 19.9 Å². The van der Waals surface area contributed by atoms with E-state index in [9.17, 15) is 18.8 Å². The predicted molar refractivity (Wildman–Crippen MR) is 120 cm³/mol. The number of nitrogens with one attached hydrogen (secondary N) is 2. The SMILES string of the molecule is CCOC(=O)Oc1ccc(C(=O)Nc2ccccc2CNC(=O)Cc2cccc(F)c2)cc1. The molecule has 0 fully saturated rings. The van der Waals surface area contributed by atoms with Crippen molar-refractivity contribution in [3.8, 4) is 5.75 Å². The van der Waals surface area contributed by atoms with Crippen LogP contribution in [0.2, 0.25) is 0 Å². The third kappa shape index (κ3) is 7.17. The molecule has 0 spiro atoms. The highest BCUT2D eigenvalue weighted by Gasteiger charge is 2.12. The Hall–Kier alpha value is -4.20. The number of carbonyl (C=O) groups excluding carboxylic acids is 3. The Bertz CT molecular complexity index is 1130. The molecule has 0 bridgehead atoms. The van der Waals surface area contributed by atoms with Crippen LogP contribution in [0, 0.1) is 5.82 Å². The van der Waals surface area contributed by atoms with Crippen LogP contribution in [0.25, 0.3) is 0 Å². The Morgan fingerprint density at radius 3 is 2.42 bits per heavy atom. The number of hydrogen-bond donors (Lipinski definition) is 2. The maximum absolute atomic E-state index is 13.3. The Labute approximate surface area is 190 Å². The molecule has 2 N–H and O–H groups in total. The van der Waals surface area contributed by atoms with Gasteiger partial charge in [0, 0.05) is 17.8 Å². The first-order valence-corrected chi connectivity index (χ1v) is 10.3. The largest absolute Gasteiger partial charge is 0.513 e. The van der Waals surface area contributed by atoms with Crippen LogP contribution >= 0.6 is 0 Å². The summed E-state index contributed by atoms with van der Waals surface area (Å²) in [4.78, 5) is 36.2. The van der Waals surface area contributed by atoms with Crippen molar-refractivity contribution in [1.29, 1.82) is 0 Å². The number of para-hydroxylation sites is 1. The van der Waals surface area contributed by atoms with Gasteiger partial charge in [0.1, 0.15) is 11.6 Å². The summed E-state index contributed by atoms with van der Waals surface area (Å²) in [7, 11) is 0. The average Bonchev–Trinajstić information content (AvgIpc) is 2.79. The van der Waals surface area contributed by atoms with Crippen molar-refractivity contribution in [1.82, 2.24) is 5.32 Å². The molecule has 170 valence electrons. The summed E-state index contributed by atoms with van der Waals surface area (Å²) < 4.78 is 23.0. The number of rotatable bonds is 8. The van der Waals surface area contributed by atoms with Crippen LogP contribution in [-0.2, 0) is 22.5 Å². The molecular weight excluding hydrogens is 427 g/mol. The lowest BCUT2D eigenvalue weighted by atomic mass is 10.1. The topological polar surface area (TPSA) is 93.7 Å². The first-order chi connectivity index (χ1) is 15.9. The fourth-order valence-corrected chi connectivity index (χ4v) is 3.00. The van der Waals surface area contributed by atoms with Gasteiger partial charge in [0.15, 0.2) is 0 Å². The van der Waals surface area contributed by atoms with Crippen molar-refractivity contribution in [3.63, 3.8) is 0 Å². The van der Waals surface area contributed by atoms with E-state index >= 15 is 0 Å². The Kier molecular flexibility index (Phi) is 8.13. The Balaban J connectivity index is 1.59. The summed E-state index contributed by atoms with van der Waals surface area (Å²) in [6.07, 6.45) is -0.768. The summed E-state index contributed by atoms with van der Waals surface area (Å²) >= 11 is 0. The molecule has 0 aliphatic carbocycles. The fourth-order valence-electron chi connectivity index (χ4n) is 3.00. The zero-order valence-corrected chi connectivity index (χ0v) is 18.0. The third-order valence-electron chi connectivity index (χ3n) is 4.58. The molecule has 3 rings (SSSR count). The van der Waals surface area contributed by atoms with E-state index in [1.54, 1.807) is 43.3 Å². The van der Waals surface area contributed by atoms with Gasteiger partial charge in [-0.2, -0.15) is 0 Å². The molecule has 3 aromatic carbocycles. The van der Waals surface area contributed by atoms with Crippen molar-refractivity contribution in [2.75, 3.05) is 11.9 Å². The molecular formula is C25H23FN2O5. The standard InChI is InChI=1S/C25H23FN2O5/c1-2-32-25(31)33-21-12-10-18(11-13-21)24(30)28-22-9-4-3-7-19(22)16-27-23(29)15-17-6-5-8-20(26)14-17/h3-14H,2,15-16H2,1H3,(H,27,29)(H,28,30). The number of anilines is 1. The molecule has 7 nitrogen and oxygen atoms in total. The van der Waals surface area contributed by atoms with E-state index in [0.29, 0.717) is 22.4 Å². The lowest BCUT2D eigenvalue weighted by Crippen LogP contribution is -2.25. The minimum absolute atomic E-state index is 0.0481. The molecule has 2 amide bonds. The molecule has 0 atom stereocenters. The van der Waals surface area contributed by atoms with Gasteiger partial charge in [0.2, 0.25) is 5.91 Å². The molecule has 0 aliphatic rings. The van der Waals surface area contributed by atoms with Gasteiger partial charge >= 0.3 is 6.16 Å². The second-order valence-corrected chi connectivity index (χ2v) is 7.00. The second kappa shape index (κ2) is 11.4. The summed E-state index contributed by atoms with van der Waals surface area (Å²) in [6.45, 7) is 2.06. The molecule has 33 heavy (non-hydrogen) atoms. The van der Waals surface area contributed by atoms with Crippen molar-refractivity contribution in [3.05, 3.63) is 95.3 Å². The lowest BCUT2D eigenvalue weighted by molar-refractivity contribution is -0.120. The van der Waals surface area contributed by atoms with Gasteiger partial charge < -0.3 is 20.1 Å². The number of hydrogen-bond acceptors (Lipinski definition) is 5.